The Labute approximate surface area is 120 Å². The average Bonchev–Trinajstić information content (AvgIpc) is 2.89. The minimum Gasteiger partial charge on any atom is -0.477 e. The molecule has 1 aromatic heterocycles. The number of thiophene rings is 1. The Hall–Kier alpha value is -1.89. The third-order valence-electron chi connectivity index (χ3n) is 3.32. The third-order valence-corrected chi connectivity index (χ3v) is 4.39. The molecule has 1 saturated heterocycles. The van der Waals surface area contributed by atoms with Gasteiger partial charge in [0, 0.05) is 26.1 Å². The molecule has 0 unspecified atom stereocenters. The van der Waals surface area contributed by atoms with Crippen LogP contribution in [0, 0.1) is 0 Å². The molecule has 0 aromatic carbocycles. The Morgan fingerprint density at radius 2 is 1.85 bits per heavy atom. The van der Waals surface area contributed by atoms with Crippen molar-refractivity contribution in [2.24, 2.45) is 0 Å². The molecule has 0 radical (unpaired) electrons. The SMILES string of the molecule is CC(=O)N1CCC(NC(=O)c2ccc(C(=O)O)s2)CC1. The molecule has 2 heterocycles. The van der Waals surface area contributed by atoms with Gasteiger partial charge in [-0.25, -0.2) is 4.79 Å². The highest BCUT2D eigenvalue weighted by atomic mass is 32.1. The van der Waals surface area contributed by atoms with Gasteiger partial charge in [-0.1, -0.05) is 0 Å². The van der Waals surface area contributed by atoms with Crippen molar-refractivity contribution in [3.8, 4) is 0 Å². The molecule has 1 aliphatic rings. The van der Waals surface area contributed by atoms with E-state index in [-0.39, 0.29) is 22.7 Å². The molecule has 1 aliphatic heterocycles. The van der Waals surface area contributed by atoms with Crippen LogP contribution in [0.3, 0.4) is 0 Å². The molecule has 20 heavy (non-hydrogen) atoms. The lowest BCUT2D eigenvalue weighted by atomic mass is 10.0. The first kappa shape index (κ1) is 14.5. The Morgan fingerprint density at radius 3 is 2.35 bits per heavy atom. The molecule has 0 bridgehead atoms. The Morgan fingerprint density at radius 1 is 1.25 bits per heavy atom. The van der Waals surface area contributed by atoms with Gasteiger partial charge in [-0.15, -0.1) is 11.3 Å². The van der Waals surface area contributed by atoms with E-state index in [1.165, 1.54) is 19.1 Å². The molecule has 0 saturated carbocycles. The van der Waals surface area contributed by atoms with Gasteiger partial charge in [0.25, 0.3) is 5.91 Å². The van der Waals surface area contributed by atoms with Crippen LogP contribution in [0.2, 0.25) is 0 Å². The summed E-state index contributed by atoms with van der Waals surface area (Å²) in [6.07, 6.45) is 1.45. The van der Waals surface area contributed by atoms with Gasteiger partial charge < -0.3 is 15.3 Å². The fraction of sp³-hybridized carbons (Fsp3) is 0.462. The topological polar surface area (TPSA) is 86.7 Å². The summed E-state index contributed by atoms with van der Waals surface area (Å²) in [5.41, 5.74) is 0. The largest absolute Gasteiger partial charge is 0.477 e. The van der Waals surface area contributed by atoms with Crippen LogP contribution in [0.15, 0.2) is 12.1 Å². The summed E-state index contributed by atoms with van der Waals surface area (Å²) in [4.78, 5) is 36.3. The van der Waals surface area contributed by atoms with Crippen molar-refractivity contribution < 1.29 is 19.5 Å². The van der Waals surface area contributed by atoms with E-state index in [2.05, 4.69) is 5.32 Å². The third kappa shape index (κ3) is 3.36. The second-order valence-corrected chi connectivity index (χ2v) is 5.81. The number of carbonyl (C=O) groups excluding carboxylic acids is 2. The summed E-state index contributed by atoms with van der Waals surface area (Å²) < 4.78 is 0. The lowest BCUT2D eigenvalue weighted by Crippen LogP contribution is -2.45. The zero-order chi connectivity index (χ0) is 14.7. The van der Waals surface area contributed by atoms with Crippen molar-refractivity contribution in [1.82, 2.24) is 10.2 Å². The average molecular weight is 296 g/mol. The zero-order valence-electron chi connectivity index (χ0n) is 11.1. The molecule has 2 N–H and O–H groups in total. The van der Waals surface area contributed by atoms with Crippen molar-refractivity contribution in [2.75, 3.05) is 13.1 Å². The van der Waals surface area contributed by atoms with Gasteiger partial charge in [-0.3, -0.25) is 9.59 Å². The Bertz CT molecular complexity index is 532. The molecular formula is C13H16N2O4S. The van der Waals surface area contributed by atoms with E-state index in [0.717, 1.165) is 24.2 Å². The van der Waals surface area contributed by atoms with E-state index in [0.29, 0.717) is 18.0 Å². The molecule has 2 rings (SSSR count). The van der Waals surface area contributed by atoms with Crippen molar-refractivity contribution in [3.63, 3.8) is 0 Å². The number of nitrogens with one attached hydrogen (secondary N) is 1. The lowest BCUT2D eigenvalue weighted by Gasteiger charge is -2.31. The van der Waals surface area contributed by atoms with Gasteiger partial charge in [0.15, 0.2) is 0 Å². The van der Waals surface area contributed by atoms with Crippen LogP contribution in [0.1, 0.15) is 39.1 Å². The maximum Gasteiger partial charge on any atom is 0.345 e. The summed E-state index contributed by atoms with van der Waals surface area (Å²) in [7, 11) is 0. The van der Waals surface area contributed by atoms with Gasteiger partial charge >= 0.3 is 5.97 Å². The highest BCUT2D eigenvalue weighted by Crippen LogP contribution is 2.17. The highest BCUT2D eigenvalue weighted by Gasteiger charge is 2.23. The summed E-state index contributed by atoms with van der Waals surface area (Å²) in [5, 5.41) is 11.7. The normalized spacial score (nSPS) is 15.9. The van der Waals surface area contributed by atoms with Crippen molar-refractivity contribution >= 4 is 29.1 Å². The number of amides is 2. The van der Waals surface area contributed by atoms with Crippen LogP contribution < -0.4 is 5.32 Å². The molecule has 2 amide bonds. The second-order valence-electron chi connectivity index (χ2n) is 4.72. The summed E-state index contributed by atoms with van der Waals surface area (Å²) in [5.74, 6) is -1.22. The number of hydrogen-bond donors (Lipinski definition) is 2. The summed E-state index contributed by atoms with van der Waals surface area (Å²) >= 11 is 0.967. The van der Waals surface area contributed by atoms with Gasteiger partial charge in [0.05, 0.1) is 4.88 Å². The van der Waals surface area contributed by atoms with Crippen LogP contribution in [-0.4, -0.2) is 46.9 Å². The first-order valence-electron chi connectivity index (χ1n) is 6.37. The standard InChI is InChI=1S/C13H16N2O4S/c1-8(16)15-6-4-9(5-7-15)14-12(17)10-2-3-11(20-10)13(18)19/h2-3,9H,4-7H2,1H3,(H,14,17)(H,18,19). The lowest BCUT2D eigenvalue weighted by molar-refractivity contribution is -0.129. The predicted molar refractivity (Wildman–Crippen MR) is 74.0 cm³/mol. The number of hydrogen-bond acceptors (Lipinski definition) is 4. The van der Waals surface area contributed by atoms with Crippen LogP contribution in [0.25, 0.3) is 0 Å². The number of piperidine rings is 1. The van der Waals surface area contributed by atoms with Crippen molar-refractivity contribution in [2.45, 2.75) is 25.8 Å². The fourth-order valence-corrected chi connectivity index (χ4v) is 2.92. The van der Waals surface area contributed by atoms with Gasteiger partial charge in [-0.2, -0.15) is 0 Å². The molecule has 7 heteroatoms. The van der Waals surface area contributed by atoms with Crippen LogP contribution in [0.4, 0.5) is 0 Å². The number of carboxylic acids is 1. The number of likely N-dealkylation sites (tertiary alicyclic amines) is 1. The molecule has 1 fully saturated rings. The summed E-state index contributed by atoms with van der Waals surface area (Å²) in [6, 6.07) is 2.99. The minimum absolute atomic E-state index is 0.0356. The van der Waals surface area contributed by atoms with Crippen LogP contribution >= 0.6 is 11.3 Å². The molecule has 108 valence electrons. The Kier molecular flexibility index (Phi) is 4.39. The fourth-order valence-electron chi connectivity index (χ4n) is 2.17. The number of carboxylic acid groups (broad SMARTS) is 1. The van der Waals surface area contributed by atoms with E-state index in [1.807, 2.05) is 0 Å². The second kappa shape index (κ2) is 6.04. The van der Waals surface area contributed by atoms with Gasteiger partial charge in [0.1, 0.15) is 4.88 Å². The first-order chi connectivity index (χ1) is 9.47. The van der Waals surface area contributed by atoms with E-state index < -0.39 is 5.97 Å². The van der Waals surface area contributed by atoms with Gasteiger partial charge in [0.2, 0.25) is 5.91 Å². The number of rotatable bonds is 3. The van der Waals surface area contributed by atoms with E-state index in [4.69, 9.17) is 5.11 Å². The smallest absolute Gasteiger partial charge is 0.345 e. The quantitative estimate of drug-likeness (QED) is 0.877. The molecule has 1 aromatic rings. The van der Waals surface area contributed by atoms with Crippen LogP contribution in [-0.2, 0) is 4.79 Å². The number of aromatic carboxylic acids is 1. The highest BCUT2D eigenvalue weighted by molar-refractivity contribution is 7.15. The van der Waals surface area contributed by atoms with E-state index in [1.54, 1.807) is 4.90 Å². The first-order valence-corrected chi connectivity index (χ1v) is 7.18. The van der Waals surface area contributed by atoms with E-state index in [9.17, 15) is 14.4 Å². The maximum absolute atomic E-state index is 12.0. The van der Waals surface area contributed by atoms with Crippen LogP contribution in [0.5, 0.6) is 0 Å². The van der Waals surface area contributed by atoms with Crippen molar-refractivity contribution in [1.29, 1.82) is 0 Å². The maximum atomic E-state index is 12.0. The molecule has 0 spiro atoms. The molecule has 6 nitrogen and oxygen atoms in total. The Balaban J connectivity index is 1.89. The molecular weight excluding hydrogens is 280 g/mol. The van der Waals surface area contributed by atoms with E-state index >= 15 is 0 Å². The minimum atomic E-state index is -1.02. The summed E-state index contributed by atoms with van der Waals surface area (Å²) in [6.45, 7) is 2.83. The zero-order valence-corrected chi connectivity index (χ0v) is 11.9. The monoisotopic (exact) mass is 296 g/mol. The predicted octanol–water partition coefficient (Wildman–Crippen LogP) is 1.19. The van der Waals surface area contributed by atoms with Crippen molar-refractivity contribution in [3.05, 3.63) is 21.9 Å². The number of nitrogens with zero attached hydrogens (tertiary/aromatic N) is 1. The number of carbonyl (C=O) groups is 3. The molecule has 0 aliphatic carbocycles. The molecule has 0 atom stereocenters. The van der Waals surface area contributed by atoms with Gasteiger partial charge in [-0.05, 0) is 25.0 Å².